The largest absolute Gasteiger partial charge is 0.453 e. The van der Waals surface area contributed by atoms with Crippen LogP contribution >= 0.6 is 27.5 Å². The molecule has 0 bridgehead atoms. The molecule has 0 N–H and O–H groups in total. The second-order valence-corrected chi connectivity index (χ2v) is 4.40. The average molecular weight is 324 g/mol. The Balaban J connectivity index is 2.90. The molecule has 17 heavy (non-hydrogen) atoms. The van der Waals surface area contributed by atoms with E-state index in [1.54, 1.807) is 12.1 Å². The van der Waals surface area contributed by atoms with Crippen LogP contribution in [0, 0.1) is 0 Å². The van der Waals surface area contributed by atoms with Crippen molar-refractivity contribution in [1.29, 1.82) is 0 Å². The second-order valence-electron chi connectivity index (χ2n) is 3.37. The summed E-state index contributed by atoms with van der Waals surface area (Å²) in [5.41, 5.74) is -0.569. The molecule has 0 aliphatic rings. The third-order valence-electron chi connectivity index (χ3n) is 2.28. The standard InChI is InChI=1S/C11H6BrClF2O2/c12-5-7-9(16)6-3-1-2-4-8(6)17-10(7)11(13,14)15/h1-4H,5H2. The van der Waals surface area contributed by atoms with Gasteiger partial charge < -0.3 is 4.42 Å². The van der Waals surface area contributed by atoms with E-state index in [1.165, 1.54) is 12.1 Å². The molecule has 1 heterocycles. The summed E-state index contributed by atoms with van der Waals surface area (Å²) in [5, 5.41) is -3.49. The van der Waals surface area contributed by atoms with E-state index in [0.717, 1.165) is 0 Å². The van der Waals surface area contributed by atoms with Gasteiger partial charge in [-0.1, -0.05) is 28.1 Å². The summed E-state index contributed by atoms with van der Waals surface area (Å²) in [6.45, 7) is 0. The first-order chi connectivity index (χ1) is 7.95. The Morgan fingerprint density at radius 3 is 2.59 bits per heavy atom. The monoisotopic (exact) mass is 322 g/mol. The third kappa shape index (κ3) is 2.21. The van der Waals surface area contributed by atoms with E-state index in [-0.39, 0.29) is 21.9 Å². The molecule has 0 amide bonds. The number of rotatable bonds is 2. The van der Waals surface area contributed by atoms with Crippen LogP contribution in [0.5, 0.6) is 0 Å². The van der Waals surface area contributed by atoms with Crippen molar-refractivity contribution >= 4 is 38.5 Å². The highest BCUT2D eigenvalue weighted by molar-refractivity contribution is 9.08. The Kier molecular flexibility index (Phi) is 3.23. The molecule has 6 heteroatoms. The van der Waals surface area contributed by atoms with Gasteiger partial charge in [0.25, 0.3) is 0 Å². The molecule has 2 aromatic rings. The molecule has 0 spiro atoms. The van der Waals surface area contributed by atoms with E-state index in [9.17, 15) is 13.6 Å². The summed E-state index contributed by atoms with van der Waals surface area (Å²) >= 11 is 7.91. The predicted molar refractivity (Wildman–Crippen MR) is 64.9 cm³/mol. The molecule has 0 fully saturated rings. The van der Waals surface area contributed by atoms with Crippen molar-refractivity contribution in [1.82, 2.24) is 0 Å². The Bertz CT molecular complexity index is 619. The van der Waals surface area contributed by atoms with Crippen LogP contribution in [0.1, 0.15) is 11.3 Å². The van der Waals surface area contributed by atoms with Crippen molar-refractivity contribution in [3.63, 3.8) is 0 Å². The van der Waals surface area contributed by atoms with Crippen LogP contribution in [0.25, 0.3) is 11.0 Å². The molecule has 2 nitrogen and oxygen atoms in total. The summed E-state index contributed by atoms with van der Waals surface area (Å²) in [6.07, 6.45) is 0. The van der Waals surface area contributed by atoms with Gasteiger partial charge in [0.2, 0.25) is 0 Å². The smallest absolute Gasteiger partial charge is 0.380 e. The molecule has 0 aliphatic heterocycles. The highest BCUT2D eigenvalue weighted by Crippen LogP contribution is 2.35. The van der Waals surface area contributed by atoms with Gasteiger partial charge in [0.15, 0.2) is 11.2 Å². The van der Waals surface area contributed by atoms with Gasteiger partial charge in [-0.2, -0.15) is 8.78 Å². The molecule has 1 aromatic carbocycles. The third-order valence-corrected chi connectivity index (χ3v) is 3.02. The summed E-state index contributed by atoms with van der Waals surface area (Å²) in [5.74, 6) is -0.806. The summed E-state index contributed by atoms with van der Waals surface area (Å²) < 4.78 is 31.3. The lowest BCUT2D eigenvalue weighted by molar-refractivity contribution is 0.0677. The normalized spacial score (nSPS) is 12.0. The van der Waals surface area contributed by atoms with E-state index in [0.29, 0.717) is 0 Å². The van der Waals surface area contributed by atoms with E-state index >= 15 is 0 Å². The molecular formula is C11H6BrClF2O2. The van der Waals surface area contributed by atoms with Crippen molar-refractivity contribution in [2.75, 3.05) is 0 Å². The number of benzene rings is 1. The van der Waals surface area contributed by atoms with Crippen molar-refractivity contribution in [3.8, 4) is 0 Å². The summed E-state index contributed by atoms with van der Waals surface area (Å²) in [7, 11) is 0. The summed E-state index contributed by atoms with van der Waals surface area (Å²) in [6, 6.07) is 6.19. The molecule has 0 saturated carbocycles. The van der Waals surface area contributed by atoms with Crippen LogP contribution in [0.2, 0.25) is 0 Å². The van der Waals surface area contributed by atoms with E-state index in [2.05, 4.69) is 15.9 Å². The maximum absolute atomic E-state index is 13.1. The van der Waals surface area contributed by atoms with Gasteiger partial charge in [-0.15, -0.1) is 0 Å². The number of halogens is 4. The fraction of sp³-hybridized carbons (Fsp3) is 0.182. The number of hydrogen-bond donors (Lipinski definition) is 0. The first kappa shape index (κ1) is 12.5. The van der Waals surface area contributed by atoms with Gasteiger partial charge in [-0.3, -0.25) is 4.79 Å². The second kappa shape index (κ2) is 4.38. The lowest BCUT2D eigenvalue weighted by Gasteiger charge is -2.11. The van der Waals surface area contributed by atoms with Crippen molar-refractivity contribution < 1.29 is 13.2 Å². The van der Waals surface area contributed by atoms with Crippen LogP contribution < -0.4 is 5.43 Å². The van der Waals surface area contributed by atoms with Crippen LogP contribution in [0.3, 0.4) is 0 Å². The van der Waals surface area contributed by atoms with Gasteiger partial charge >= 0.3 is 5.38 Å². The van der Waals surface area contributed by atoms with Crippen LogP contribution in [0.15, 0.2) is 33.5 Å². The predicted octanol–water partition coefficient (Wildman–Crippen LogP) is 3.98. The van der Waals surface area contributed by atoms with Gasteiger partial charge in [-0.05, 0) is 23.7 Å². The highest BCUT2D eigenvalue weighted by Gasteiger charge is 2.35. The zero-order chi connectivity index (χ0) is 12.6. The fourth-order valence-electron chi connectivity index (χ4n) is 1.53. The van der Waals surface area contributed by atoms with E-state index < -0.39 is 16.6 Å². The number of para-hydroxylation sites is 1. The Morgan fingerprint density at radius 2 is 2.00 bits per heavy atom. The number of alkyl halides is 4. The maximum Gasteiger partial charge on any atom is 0.380 e. The summed E-state index contributed by atoms with van der Waals surface area (Å²) in [4.78, 5) is 11.9. The van der Waals surface area contributed by atoms with Gasteiger partial charge in [0.1, 0.15) is 5.58 Å². The SMILES string of the molecule is O=c1c(CBr)c(C(F)(F)Cl)oc2ccccc12. The average Bonchev–Trinajstić information content (AvgIpc) is 2.28. The number of hydrogen-bond acceptors (Lipinski definition) is 2. The first-order valence-corrected chi connectivity index (χ1v) is 6.13. The molecule has 2 rings (SSSR count). The van der Waals surface area contributed by atoms with Crippen molar-refractivity contribution in [2.24, 2.45) is 0 Å². The molecule has 0 atom stereocenters. The quantitative estimate of drug-likeness (QED) is 0.783. The lowest BCUT2D eigenvalue weighted by atomic mass is 10.1. The lowest BCUT2D eigenvalue weighted by Crippen LogP contribution is -2.17. The van der Waals surface area contributed by atoms with Gasteiger partial charge in [0.05, 0.1) is 10.9 Å². The Morgan fingerprint density at radius 1 is 1.35 bits per heavy atom. The van der Waals surface area contributed by atoms with Crippen molar-refractivity contribution in [2.45, 2.75) is 10.7 Å². The van der Waals surface area contributed by atoms with Crippen molar-refractivity contribution in [3.05, 3.63) is 45.8 Å². The molecule has 0 aliphatic carbocycles. The zero-order valence-electron chi connectivity index (χ0n) is 8.34. The van der Waals surface area contributed by atoms with Gasteiger partial charge in [-0.25, -0.2) is 0 Å². The topological polar surface area (TPSA) is 30.2 Å². The highest BCUT2D eigenvalue weighted by atomic mass is 79.9. The van der Waals surface area contributed by atoms with Crippen LogP contribution in [-0.2, 0) is 10.7 Å². The minimum Gasteiger partial charge on any atom is -0.453 e. The molecule has 1 aromatic heterocycles. The molecular weight excluding hydrogens is 317 g/mol. The Labute approximate surface area is 108 Å². The van der Waals surface area contributed by atoms with Gasteiger partial charge in [0, 0.05) is 5.33 Å². The fourth-order valence-corrected chi connectivity index (χ4v) is 2.19. The molecule has 0 radical (unpaired) electrons. The van der Waals surface area contributed by atoms with Crippen LogP contribution in [0.4, 0.5) is 8.78 Å². The molecule has 0 unspecified atom stereocenters. The zero-order valence-corrected chi connectivity index (χ0v) is 10.7. The van der Waals surface area contributed by atoms with E-state index in [1.807, 2.05) is 0 Å². The van der Waals surface area contributed by atoms with Crippen LogP contribution in [-0.4, -0.2) is 0 Å². The maximum atomic E-state index is 13.1. The minimum absolute atomic E-state index is 0.0438. The first-order valence-electron chi connectivity index (χ1n) is 4.63. The Hall–Kier alpha value is -0.940. The minimum atomic E-state index is -3.70. The molecule has 0 saturated heterocycles. The number of fused-ring (bicyclic) bond motifs is 1. The molecule has 90 valence electrons. The van der Waals surface area contributed by atoms with E-state index in [4.69, 9.17) is 16.0 Å².